The number of aliphatic hydroxyl groups is 1. The Balaban J connectivity index is 2.32. The van der Waals surface area contributed by atoms with Gasteiger partial charge >= 0.3 is 61.2 Å². The molecule has 0 rings (SSSR count). The van der Waals surface area contributed by atoms with Gasteiger partial charge in [0.15, 0.2) is 0 Å². The van der Waals surface area contributed by atoms with E-state index in [0.29, 0.717) is 49.0 Å². The fourth-order valence-corrected chi connectivity index (χ4v) is 0. The van der Waals surface area contributed by atoms with E-state index in [1.807, 2.05) is 0 Å². The Labute approximate surface area is 60.0 Å². The van der Waals surface area contributed by atoms with E-state index in [9.17, 15) is 0 Å². The summed E-state index contributed by atoms with van der Waals surface area (Å²) in [4.78, 5) is 0. The van der Waals surface area contributed by atoms with Gasteiger partial charge in [-0.25, -0.2) is 0 Å². The van der Waals surface area contributed by atoms with Crippen LogP contribution in [-0.2, 0) is 0 Å². The number of aliphatic hydroxyl groups excluding tert-OH is 1. The van der Waals surface area contributed by atoms with Gasteiger partial charge in [-0.2, -0.15) is 0 Å². The first kappa shape index (κ1) is 5.60. The molecule has 4 heavy (non-hydrogen) atoms. The van der Waals surface area contributed by atoms with Gasteiger partial charge in [0.1, 0.15) is 0 Å². The van der Waals surface area contributed by atoms with Gasteiger partial charge in [-0.15, -0.1) is 0 Å². The summed E-state index contributed by atoms with van der Waals surface area (Å²) in [5.41, 5.74) is 0. The van der Waals surface area contributed by atoms with Crippen molar-refractivity contribution in [2.45, 2.75) is 7.12 Å². The number of hydrogen-bond acceptors (Lipinski definition) is 1. The van der Waals surface area contributed by atoms with Crippen molar-refractivity contribution < 1.29 is 5.11 Å². The standard InChI is InChI=1S/C2H5O.K/c1-2-3;/h2-3H,1H3;. The van der Waals surface area contributed by atoms with Gasteiger partial charge in [0, 0.05) is 0 Å². The molecule has 0 aromatic heterocycles. The first-order valence-corrected chi connectivity index (χ1v) is 3.22. The molecule has 1 unspecified atom stereocenters. The summed E-state index contributed by atoms with van der Waals surface area (Å²) in [6.07, 6.45) is 0. The molecule has 1 N–H and O–H groups in total. The van der Waals surface area contributed by atoms with Crippen LogP contribution in [0.15, 0.2) is 0 Å². The Kier molecular flexibility index (Phi) is 3.94. The van der Waals surface area contributed by atoms with Gasteiger partial charge < -0.3 is 0 Å². The molecule has 0 aliphatic heterocycles. The van der Waals surface area contributed by atoms with E-state index in [0.717, 1.165) is 0 Å². The van der Waals surface area contributed by atoms with Gasteiger partial charge in [-0.1, -0.05) is 0 Å². The summed E-state index contributed by atoms with van der Waals surface area (Å²) in [6.45, 7) is 1.81. The van der Waals surface area contributed by atoms with E-state index >= 15 is 0 Å². The van der Waals surface area contributed by atoms with E-state index in [1.165, 1.54) is 0 Å². The molecular weight excluding hydrogens is 79.1 g/mol. The van der Waals surface area contributed by atoms with E-state index in [1.54, 1.807) is 6.92 Å². The van der Waals surface area contributed by atoms with E-state index in [4.69, 9.17) is 5.11 Å². The zero-order valence-corrected chi connectivity index (χ0v) is 6.15. The number of rotatable bonds is 0. The number of hydrogen-bond donors (Lipinski definition) is 1. The molecule has 1 nitrogen and oxygen atoms in total. The van der Waals surface area contributed by atoms with E-state index in [-0.39, 0.29) is 0.199 Å². The second-order valence-electron chi connectivity index (χ2n) is 1.09. The summed E-state index contributed by atoms with van der Waals surface area (Å²) >= 11 is 0.618. The molecule has 0 heterocycles. The fourth-order valence-electron chi connectivity index (χ4n) is 0. The Bertz CT molecular complexity index is 10.8. The first-order valence-electron chi connectivity index (χ1n) is 1.41. The van der Waals surface area contributed by atoms with Crippen LogP contribution in [-0.4, -0.2) is 54.3 Å². The van der Waals surface area contributed by atoms with Crippen molar-refractivity contribution in [3.05, 3.63) is 0 Å². The summed E-state index contributed by atoms with van der Waals surface area (Å²) in [5.74, 6) is 0. The predicted molar refractivity (Wildman–Crippen MR) is 17.4 cm³/mol. The zero-order chi connectivity index (χ0) is 3.58. The van der Waals surface area contributed by atoms with Crippen LogP contribution in [0.25, 0.3) is 0 Å². The fraction of sp³-hybridized carbons (Fsp3) is 1.00. The third-order valence-electron chi connectivity index (χ3n) is 0. The molecule has 0 radical (unpaired) electrons. The molecule has 0 saturated heterocycles. The molecule has 0 bridgehead atoms. The van der Waals surface area contributed by atoms with Gasteiger partial charge in [0.05, 0.1) is 0 Å². The average Bonchev–Trinajstić information content (AvgIpc) is 0.811. The normalized spacial score (nSPS) is 16.0. The topological polar surface area (TPSA) is 20.2 Å². The predicted octanol–water partition coefficient (Wildman–Crippen LogP) is -0.507. The van der Waals surface area contributed by atoms with Gasteiger partial charge in [0.2, 0.25) is 0 Å². The van der Waals surface area contributed by atoms with Crippen LogP contribution in [0.2, 0.25) is 0 Å². The van der Waals surface area contributed by atoms with Crippen LogP contribution in [0.5, 0.6) is 0 Å². The van der Waals surface area contributed by atoms with Crippen LogP contribution in [0.1, 0.15) is 6.92 Å². The Hall–Kier alpha value is 1.60. The average molecular weight is 84.2 g/mol. The summed E-state index contributed by atoms with van der Waals surface area (Å²) < 4.78 is 0.0208. The molecule has 0 amide bonds. The zero-order valence-electron chi connectivity index (χ0n) is 3.02. The molecule has 0 spiro atoms. The van der Waals surface area contributed by atoms with Crippen molar-refractivity contribution in [3.8, 4) is 0 Å². The quantitative estimate of drug-likeness (QED) is 0.392. The van der Waals surface area contributed by atoms with Crippen LogP contribution >= 0.6 is 0 Å². The molecule has 0 fully saturated rings. The third-order valence-corrected chi connectivity index (χ3v) is 0. The maximum atomic E-state index is 8.14. The van der Waals surface area contributed by atoms with Crippen LogP contribution in [0.3, 0.4) is 0 Å². The summed E-state index contributed by atoms with van der Waals surface area (Å²) in [7, 11) is 0. The van der Waals surface area contributed by atoms with Crippen molar-refractivity contribution >= 4 is 49.0 Å². The van der Waals surface area contributed by atoms with E-state index < -0.39 is 0 Å². The van der Waals surface area contributed by atoms with Crippen molar-refractivity contribution in [2.24, 2.45) is 0 Å². The third kappa shape index (κ3) is 9.51. The molecule has 1 atom stereocenters. The minimum atomic E-state index is 0.0208. The van der Waals surface area contributed by atoms with Crippen molar-refractivity contribution in [1.82, 2.24) is 0 Å². The molecular formula is C2H5KO. The van der Waals surface area contributed by atoms with Crippen LogP contribution in [0.4, 0.5) is 0 Å². The summed E-state index contributed by atoms with van der Waals surface area (Å²) in [6, 6.07) is 0. The van der Waals surface area contributed by atoms with Gasteiger partial charge in [-0.3, -0.25) is 0 Å². The minimum absolute atomic E-state index is 0.0208. The first-order chi connectivity index (χ1) is 1.73. The second-order valence-corrected chi connectivity index (χ2v) is 3.70. The van der Waals surface area contributed by atoms with Gasteiger partial charge in [0.25, 0.3) is 0 Å². The summed E-state index contributed by atoms with van der Waals surface area (Å²) in [5, 5.41) is 8.14. The Morgan fingerprint density at radius 2 is 2.00 bits per heavy atom. The molecule has 0 aliphatic rings. The van der Waals surface area contributed by atoms with Crippen LogP contribution < -0.4 is 0 Å². The maximum absolute atomic E-state index is 8.14. The SMILES string of the molecule is C[CH](O)[K]. The van der Waals surface area contributed by atoms with Crippen LogP contribution in [0, 0.1) is 0 Å². The molecule has 0 aromatic carbocycles. The van der Waals surface area contributed by atoms with Crippen molar-refractivity contribution in [3.63, 3.8) is 0 Å². The van der Waals surface area contributed by atoms with Crippen molar-refractivity contribution in [1.29, 1.82) is 0 Å². The Morgan fingerprint density at radius 1 is 2.00 bits per heavy atom. The second kappa shape index (κ2) is 2.81. The molecule has 20 valence electrons. The molecule has 0 aliphatic carbocycles. The molecule has 2 heteroatoms. The molecule has 0 aromatic rings. The van der Waals surface area contributed by atoms with Crippen molar-refractivity contribution in [2.75, 3.05) is 0 Å². The van der Waals surface area contributed by atoms with E-state index in [2.05, 4.69) is 0 Å². The van der Waals surface area contributed by atoms with Gasteiger partial charge in [-0.05, 0) is 0 Å². The Morgan fingerprint density at radius 3 is 2.00 bits per heavy atom. The molecule has 0 saturated carbocycles. The monoisotopic (exact) mass is 84.0 g/mol.